The fourth-order valence-electron chi connectivity index (χ4n) is 1.10. The summed E-state index contributed by atoms with van der Waals surface area (Å²) in [5, 5.41) is 0. The quantitative estimate of drug-likeness (QED) is 0.598. The van der Waals surface area contributed by atoms with Crippen molar-refractivity contribution in [3.63, 3.8) is 0 Å². The van der Waals surface area contributed by atoms with Crippen molar-refractivity contribution in [3.8, 4) is 0 Å². The molecular formula is C10H17O4P. The van der Waals surface area contributed by atoms with Gasteiger partial charge < -0.3 is 14.7 Å². The zero-order valence-corrected chi connectivity index (χ0v) is 10.2. The highest BCUT2D eigenvalue weighted by molar-refractivity contribution is 7.45. The molecule has 0 aliphatic carbocycles. The molecular weight excluding hydrogens is 215 g/mol. The van der Waals surface area contributed by atoms with E-state index in [1.807, 2.05) is 0 Å². The predicted molar refractivity (Wildman–Crippen MR) is 59.7 cm³/mol. The molecule has 0 aromatic heterocycles. The number of phosphoric acid groups is 1. The van der Waals surface area contributed by atoms with Crippen molar-refractivity contribution in [1.29, 1.82) is 0 Å². The Labute approximate surface area is 89.8 Å². The average molecular weight is 232 g/mol. The lowest BCUT2D eigenvalue weighted by Gasteiger charge is -2.04. The largest absolute Gasteiger partial charge is 0.466 e. The Hall–Kier alpha value is -0.670. The summed E-state index contributed by atoms with van der Waals surface area (Å²) in [5.41, 5.74) is 5.57. The van der Waals surface area contributed by atoms with Gasteiger partial charge in [-0.3, -0.25) is 0 Å². The van der Waals surface area contributed by atoms with Crippen LogP contribution in [0.15, 0.2) is 12.1 Å². The van der Waals surface area contributed by atoms with Crippen LogP contribution in [-0.2, 0) is 4.57 Å². The topological polar surface area (TPSA) is 77.8 Å². The zero-order valence-electron chi connectivity index (χ0n) is 9.35. The first-order valence-electron chi connectivity index (χ1n) is 4.44. The van der Waals surface area contributed by atoms with Gasteiger partial charge in [0, 0.05) is 0 Å². The van der Waals surface area contributed by atoms with E-state index in [0.717, 1.165) is 0 Å². The maximum atomic E-state index is 8.88. The fraction of sp³-hybridized carbons (Fsp3) is 0.400. The molecule has 0 bridgehead atoms. The third kappa shape index (κ3) is 7.28. The molecule has 4 nitrogen and oxygen atoms in total. The van der Waals surface area contributed by atoms with E-state index in [4.69, 9.17) is 19.2 Å². The minimum Gasteiger partial charge on any atom is -0.303 e. The van der Waals surface area contributed by atoms with Gasteiger partial charge in [-0.25, -0.2) is 4.57 Å². The Morgan fingerprint density at radius 3 is 1.07 bits per heavy atom. The smallest absolute Gasteiger partial charge is 0.303 e. The minimum atomic E-state index is -4.64. The maximum absolute atomic E-state index is 8.88. The number of rotatable bonds is 0. The van der Waals surface area contributed by atoms with E-state index in [1.165, 1.54) is 22.3 Å². The number of benzene rings is 1. The highest BCUT2D eigenvalue weighted by Crippen LogP contribution is 2.25. The van der Waals surface area contributed by atoms with Crippen LogP contribution < -0.4 is 0 Å². The summed E-state index contributed by atoms with van der Waals surface area (Å²) in [6, 6.07) is 4.48. The second-order valence-corrected chi connectivity index (χ2v) is 4.56. The lowest BCUT2D eigenvalue weighted by Crippen LogP contribution is -1.86. The summed E-state index contributed by atoms with van der Waals surface area (Å²) in [6.07, 6.45) is 0. The lowest BCUT2D eigenvalue weighted by molar-refractivity contribution is 0.275. The number of aryl methyl sites for hydroxylation is 4. The van der Waals surface area contributed by atoms with E-state index in [-0.39, 0.29) is 0 Å². The van der Waals surface area contributed by atoms with Crippen LogP contribution in [0.25, 0.3) is 0 Å². The maximum Gasteiger partial charge on any atom is 0.466 e. The van der Waals surface area contributed by atoms with Gasteiger partial charge in [-0.15, -0.1) is 0 Å². The summed E-state index contributed by atoms with van der Waals surface area (Å²) in [7, 11) is -4.64. The zero-order chi connectivity index (χ0) is 12.2. The Balaban J connectivity index is 0.000000336. The Morgan fingerprint density at radius 2 is 0.933 bits per heavy atom. The minimum absolute atomic E-state index is 1.39. The molecule has 0 heterocycles. The molecule has 1 aromatic carbocycles. The van der Waals surface area contributed by atoms with Gasteiger partial charge in [0.1, 0.15) is 0 Å². The first-order chi connectivity index (χ1) is 6.61. The monoisotopic (exact) mass is 232 g/mol. The first-order valence-corrected chi connectivity index (χ1v) is 6.00. The molecule has 0 saturated carbocycles. The molecule has 0 atom stereocenters. The molecule has 1 rings (SSSR count). The molecule has 86 valence electrons. The van der Waals surface area contributed by atoms with Crippen LogP contribution in [0, 0.1) is 27.7 Å². The highest BCUT2D eigenvalue weighted by Gasteiger charge is 2.00. The predicted octanol–water partition coefficient (Wildman–Crippen LogP) is 1.99. The van der Waals surface area contributed by atoms with Gasteiger partial charge >= 0.3 is 7.82 Å². The van der Waals surface area contributed by atoms with Crippen molar-refractivity contribution >= 4 is 7.82 Å². The van der Waals surface area contributed by atoms with E-state index >= 15 is 0 Å². The van der Waals surface area contributed by atoms with Crippen LogP contribution >= 0.6 is 7.82 Å². The third-order valence-electron chi connectivity index (χ3n) is 2.11. The number of hydrogen-bond donors (Lipinski definition) is 3. The van der Waals surface area contributed by atoms with Crippen molar-refractivity contribution in [2.24, 2.45) is 0 Å². The summed E-state index contributed by atoms with van der Waals surface area (Å²) in [6.45, 7) is 8.62. The molecule has 1 aromatic rings. The summed E-state index contributed by atoms with van der Waals surface area (Å²) >= 11 is 0. The molecule has 15 heavy (non-hydrogen) atoms. The van der Waals surface area contributed by atoms with Crippen molar-refractivity contribution in [1.82, 2.24) is 0 Å². The van der Waals surface area contributed by atoms with Gasteiger partial charge in [-0.05, 0) is 49.9 Å². The first kappa shape index (κ1) is 14.3. The van der Waals surface area contributed by atoms with E-state index in [9.17, 15) is 0 Å². The lowest BCUT2D eigenvalue weighted by atomic mass is 10.0. The second kappa shape index (κ2) is 5.42. The Bertz CT molecular complexity index is 323. The van der Waals surface area contributed by atoms with Gasteiger partial charge in [-0.1, -0.05) is 12.1 Å². The standard InChI is InChI=1S/C10H14.H3O4P/c1-7-5-9(3)10(4)6-8(7)2;1-5(2,3)4/h5-6H,1-4H3;(H3,1,2,3,4). The van der Waals surface area contributed by atoms with Gasteiger partial charge in [0.05, 0.1) is 0 Å². The molecule has 0 amide bonds. The molecule has 0 aliphatic rings. The van der Waals surface area contributed by atoms with Gasteiger partial charge in [0.15, 0.2) is 0 Å². The second-order valence-electron chi connectivity index (χ2n) is 3.53. The molecule has 0 aliphatic heterocycles. The van der Waals surface area contributed by atoms with E-state index in [1.54, 1.807) is 0 Å². The van der Waals surface area contributed by atoms with E-state index < -0.39 is 7.82 Å². The van der Waals surface area contributed by atoms with Crippen LogP contribution in [-0.4, -0.2) is 14.7 Å². The Morgan fingerprint density at radius 1 is 0.800 bits per heavy atom. The molecule has 5 heteroatoms. The molecule has 0 spiro atoms. The highest BCUT2D eigenvalue weighted by atomic mass is 31.2. The fourth-order valence-corrected chi connectivity index (χ4v) is 1.10. The van der Waals surface area contributed by atoms with Crippen LogP contribution in [0.5, 0.6) is 0 Å². The average Bonchev–Trinajstić information content (AvgIpc) is 1.98. The van der Waals surface area contributed by atoms with E-state index in [0.29, 0.717) is 0 Å². The summed E-state index contributed by atoms with van der Waals surface area (Å²) in [5.74, 6) is 0. The van der Waals surface area contributed by atoms with Gasteiger partial charge in [0.2, 0.25) is 0 Å². The Kier molecular flexibility index (Phi) is 5.18. The summed E-state index contributed by atoms with van der Waals surface area (Å²) < 4.78 is 8.88. The molecule has 0 unspecified atom stereocenters. The molecule has 0 radical (unpaired) electrons. The summed E-state index contributed by atoms with van der Waals surface area (Å²) in [4.78, 5) is 21.6. The van der Waals surface area contributed by atoms with Crippen molar-refractivity contribution in [2.75, 3.05) is 0 Å². The third-order valence-corrected chi connectivity index (χ3v) is 2.11. The van der Waals surface area contributed by atoms with E-state index in [2.05, 4.69) is 39.8 Å². The SMILES string of the molecule is Cc1cc(C)c(C)cc1C.O=P(O)(O)O. The van der Waals surface area contributed by atoms with Gasteiger partial charge in [-0.2, -0.15) is 0 Å². The van der Waals surface area contributed by atoms with Crippen LogP contribution in [0.3, 0.4) is 0 Å². The number of hydrogen-bond acceptors (Lipinski definition) is 1. The normalized spacial score (nSPS) is 10.6. The van der Waals surface area contributed by atoms with Gasteiger partial charge in [0.25, 0.3) is 0 Å². The molecule has 0 saturated heterocycles. The van der Waals surface area contributed by atoms with Crippen molar-refractivity contribution in [2.45, 2.75) is 27.7 Å². The van der Waals surface area contributed by atoms with Crippen molar-refractivity contribution < 1.29 is 19.2 Å². The molecule has 3 N–H and O–H groups in total. The van der Waals surface area contributed by atoms with Crippen LogP contribution in [0.1, 0.15) is 22.3 Å². The van der Waals surface area contributed by atoms with Crippen LogP contribution in [0.2, 0.25) is 0 Å². The van der Waals surface area contributed by atoms with Crippen LogP contribution in [0.4, 0.5) is 0 Å². The molecule has 0 fully saturated rings. The van der Waals surface area contributed by atoms with Crippen molar-refractivity contribution in [3.05, 3.63) is 34.4 Å².